The van der Waals surface area contributed by atoms with Crippen LogP contribution in [0, 0.1) is 0 Å². The fourth-order valence-electron chi connectivity index (χ4n) is 2.25. The third-order valence-electron chi connectivity index (χ3n) is 3.44. The maximum atomic E-state index is 13.7. The van der Waals surface area contributed by atoms with E-state index in [-0.39, 0.29) is 12.1 Å². The van der Waals surface area contributed by atoms with Crippen molar-refractivity contribution in [2.24, 2.45) is 0 Å². The van der Waals surface area contributed by atoms with Crippen LogP contribution >= 0.6 is 0 Å². The second kappa shape index (κ2) is 5.91. The lowest BCUT2D eigenvalue weighted by Crippen LogP contribution is -2.28. The van der Waals surface area contributed by atoms with Gasteiger partial charge in [-0.3, -0.25) is 0 Å². The molecule has 1 aromatic rings. The minimum atomic E-state index is -6.40. The third kappa shape index (κ3) is 3.44. The summed E-state index contributed by atoms with van der Waals surface area (Å²) in [6.45, 7) is 0. The summed E-state index contributed by atoms with van der Waals surface area (Å²) < 4.78 is 151. The Bertz CT molecular complexity index is 977. The number of halogens is 8. The van der Waals surface area contributed by atoms with Crippen LogP contribution in [0.25, 0.3) is 0 Å². The highest BCUT2D eigenvalue weighted by Gasteiger charge is 2.56. The Kier molecular flexibility index (Phi) is 4.73. The van der Waals surface area contributed by atoms with Crippen LogP contribution in [0.3, 0.4) is 0 Å². The van der Waals surface area contributed by atoms with Crippen LogP contribution in [0.2, 0.25) is 0 Å². The largest absolute Gasteiger partial charge is 0.534 e. The normalized spacial score (nSPS) is 20.4. The fraction of sp³-hybridized carbons (Fsp3) is 0.455. The molecule has 0 amide bonds. The van der Waals surface area contributed by atoms with Gasteiger partial charge >= 0.3 is 21.1 Å². The maximum Gasteiger partial charge on any atom is 0.534 e. The van der Waals surface area contributed by atoms with E-state index in [0.717, 1.165) is 0 Å². The van der Waals surface area contributed by atoms with Crippen LogP contribution in [0.4, 0.5) is 35.1 Å². The predicted molar refractivity (Wildman–Crippen MR) is 68.9 cm³/mol. The summed E-state index contributed by atoms with van der Waals surface area (Å²) in [5.41, 5.74) is -14.9. The van der Waals surface area contributed by atoms with Gasteiger partial charge in [0, 0.05) is 17.5 Å². The monoisotopic (exact) mass is 450 g/mol. The molecule has 0 bridgehead atoms. The molecule has 1 atom stereocenters. The van der Waals surface area contributed by atoms with Crippen LogP contribution in [0.5, 0.6) is 5.75 Å². The van der Waals surface area contributed by atoms with Crippen LogP contribution in [0.1, 0.15) is 17.2 Å². The van der Waals surface area contributed by atoms with Gasteiger partial charge < -0.3 is 9.29 Å². The molecule has 154 valence electrons. The topological polar surface area (TPSA) is 97.7 Å². The van der Waals surface area contributed by atoms with Gasteiger partial charge in [0.2, 0.25) is 0 Å². The van der Waals surface area contributed by atoms with Crippen LogP contribution < -0.4 is 4.18 Å². The lowest BCUT2D eigenvalue weighted by atomic mass is 10.1. The van der Waals surface area contributed by atoms with Crippen molar-refractivity contribution in [3.8, 4) is 5.75 Å². The molecule has 1 N–H and O–H groups in total. The molecule has 6 nitrogen and oxygen atoms in total. The molecule has 0 heterocycles. The van der Waals surface area contributed by atoms with E-state index in [9.17, 15) is 57.1 Å². The van der Waals surface area contributed by atoms with E-state index < -0.39 is 71.2 Å². The van der Waals surface area contributed by atoms with Crippen molar-refractivity contribution in [1.29, 1.82) is 0 Å². The predicted octanol–water partition coefficient (Wildman–Crippen LogP) is 2.43. The third-order valence-corrected chi connectivity index (χ3v) is 5.95. The van der Waals surface area contributed by atoms with E-state index >= 15 is 0 Å². The van der Waals surface area contributed by atoms with Crippen molar-refractivity contribution in [2.45, 2.75) is 34.4 Å². The number of hydrogen-bond donors (Lipinski definition) is 1. The minimum absolute atomic E-state index is 0.0505. The summed E-state index contributed by atoms with van der Waals surface area (Å²) in [7, 11) is -12.7. The second-order valence-corrected chi connectivity index (χ2v) is 8.67. The Hall–Kier alpha value is -1.68. The molecule has 0 saturated carbocycles. The molecule has 1 aromatic carbocycles. The molecule has 0 radical (unpaired) electrons. The molecule has 16 heteroatoms. The van der Waals surface area contributed by atoms with Crippen molar-refractivity contribution >= 4 is 20.0 Å². The van der Waals surface area contributed by atoms with Crippen LogP contribution in [-0.4, -0.2) is 38.9 Å². The molecular formula is C11H6F8O6S2. The van der Waals surface area contributed by atoms with Gasteiger partial charge in [-0.2, -0.15) is 34.8 Å². The molecule has 0 fully saturated rings. The molecule has 27 heavy (non-hydrogen) atoms. The molecule has 2 rings (SSSR count). The van der Waals surface area contributed by atoms with E-state index in [1.165, 1.54) is 0 Å². The van der Waals surface area contributed by atoms with E-state index in [4.69, 9.17) is 0 Å². The van der Waals surface area contributed by atoms with Gasteiger partial charge in [-0.05, 0) is 12.1 Å². The summed E-state index contributed by atoms with van der Waals surface area (Å²) in [6, 6.07) is -0.0254. The molecule has 1 unspecified atom stereocenters. The van der Waals surface area contributed by atoms with E-state index in [1.54, 1.807) is 0 Å². The average Bonchev–Trinajstić information content (AvgIpc) is 2.68. The first-order chi connectivity index (χ1) is 11.8. The van der Waals surface area contributed by atoms with Crippen LogP contribution in [0.15, 0.2) is 17.0 Å². The van der Waals surface area contributed by atoms with Crippen molar-refractivity contribution in [3.05, 3.63) is 23.3 Å². The summed E-state index contributed by atoms with van der Waals surface area (Å²) in [4.78, 5) is -1.86. The molecule has 1 aliphatic carbocycles. The Labute approximate surface area is 145 Å². The first-order valence-corrected chi connectivity index (χ1v) is 9.26. The first-order valence-electron chi connectivity index (χ1n) is 6.37. The quantitative estimate of drug-likeness (QED) is 0.432. The van der Waals surface area contributed by atoms with Gasteiger partial charge in [-0.1, -0.05) is 0 Å². The Balaban J connectivity index is 2.76. The van der Waals surface area contributed by atoms with Gasteiger partial charge in [0.1, 0.15) is 11.9 Å². The number of fused-ring (bicyclic) bond motifs is 1. The Morgan fingerprint density at radius 1 is 1.00 bits per heavy atom. The number of alkyl halides is 8. The van der Waals surface area contributed by atoms with Crippen molar-refractivity contribution in [3.63, 3.8) is 0 Å². The lowest BCUT2D eigenvalue weighted by molar-refractivity contribution is -0.0978. The fourth-order valence-corrected chi connectivity index (χ4v) is 3.76. The number of rotatable bonds is 3. The standard InChI is InChI=1S/C11H6F8O6S2/c12-9(13)3-4-5(25-27(23,24)11(17,18)19)1-2-6(7(4)8(9)20)26(21,22)10(14,15)16/h1-2,8,20H,3H2. The van der Waals surface area contributed by atoms with Gasteiger partial charge in [-0.25, -0.2) is 17.2 Å². The van der Waals surface area contributed by atoms with Crippen molar-refractivity contribution < 1.29 is 61.2 Å². The Morgan fingerprint density at radius 2 is 1.52 bits per heavy atom. The highest BCUT2D eigenvalue weighted by molar-refractivity contribution is 7.92. The van der Waals surface area contributed by atoms with E-state index in [1.807, 2.05) is 0 Å². The highest BCUT2D eigenvalue weighted by Crippen LogP contribution is 2.51. The zero-order chi connectivity index (χ0) is 21.2. The molecule has 1 aliphatic rings. The number of aliphatic hydroxyl groups excluding tert-OH is 1. The average molecular weight is 450 g/mol. The highest BCUT2D eigenvalue weighted by atomic mass is 32.2. The van der Waals surface area contributed by atoms with Crippen molar-refractivity contribution in [1.82, 2.24) is 0 Å². The SMILES string of the molecule is O=S(=O)(Oc1ccc(S(=O)(=O)C(F)(F)F)c2c1CC(F)(F)C2O)C(F)(F)F. The number of sulfone groups is 1. The number of benzene rings is 1. The molecule has 0 aliphatic heterocycles. The van der Waals surface area contributed by atoms with Crippen LogP contribution in [-0.2, 0) is 26.4 Å². The van der Waals surface area contributed by atoms with Gasteiger partial charge in [-0.15, -0.1) is 0 Å². The zero-order valence-corrected chi connectivity index (χ0v) is 13.9. The number of aliphatic hydroxyl groups is 1. The van der Waals surface area contributed by atoms with Crippen molar-refractivity contribution in [2.75, 3.05) is 0 Å². The van der Waals surface area contributed by atoms with Gasteiger partial charge in [0.15, 0.2) is 0 Å². The second-order valence-electron chi connectivity index (χ2n) is 5.23. The zero-order valence-electron chi connectivity index (χ0n) is 12.3. The summed E-state index contributed by atoms with van der Waals surface area (Å²) >= 11 is 0. The first kappa shape index (κ1) is 21.6. The van der Waals surface area contributed by atoms with Gasteiger partial charge in [0.25, 0.3) is 15.8 Å². The van der Waals surface area contributed by atoms with E-state index in [0.29, 0.717) is 0 Å². The van der Waals surface area contributed by atoms with Gasteiger partial charge in [0.05, 0.1) is 4.90 Å². The molecule has 0 aromatic heterocycles. The Morgan fingerprint density at radius 3 is 1.96 bits per heavy atom. The lowest BCUT2D eigenvalue weighted by Gasteiger charge is -2.17. The molecular weight excluding hydrogens is 444 g/mol. The summed E-state index contributed by atoms with van der Waals surface area (Å²) in [5.74, 6) is -5.78. The number of hydrogen-bond acceptors (Lipinski definition) is 6. The summed E-state index contributed by atoms with van der Waals surface area (Å²) in [6.07, 6.45) is -4.91. The minimum Gasteiger partial charge on any atom is -0.382 e. The van der Waals surface area contributed by atoms with E-state index in [2.05, 4.69) is 4.18 Å². The molecule has 0 saturated heterocycles. The summed E-state index contributed by atoms with van der Waals surface area (Å²) in [5, 5.41) is 9.49. The molecule has 0 spiro atoms. The smallest absolute Gasteiger partial charge is 0.382 e. The maximum absolute atomic E-state index is 13.7.